The summed E-state index contributed by atoms with van der Waals surface area (Å²) in [6, 6.07) is 23.5. The minimum atomic E-state index is -0.655. The number of carbonyl (C=O) groups excluding carboxylic acids is 3. The summed E-state index contributed by atoms with van der Waals surface area (Å²) in [7, 11) is 0. The van der Waals surface area contributed by atoms with Crippen LogP contribution >= 0.6 is 0 Å². The van der Waals surface area contributed by atoms with Crippen molar-refractivity contribution in [2.45, 2.75) is 39.6 Å². The van der Waals surface area contributed by atoms with Crippen LogP contribution in [-0.2, 0) is 27.5 Å². The Kier molecular flexibility index (Phi) is 10.7. The third-order valence-corrected chi connectivity index (χ3v) is 4.92. The van der Waals surface area contributed by atoms with E-state index in [4.69, 9.17) is 18.9 Å². The Labute approximate surface area is 227 Å². The first kappa shape index (κ1) is 29.0. The lowest BCUT2D eigenvalue weighted by Crippen LogP contribution is -2.40. The van der Waals surface area contributed by atoms with Crippen LogP contribution in [0, 0.1) is 0 Å². The van der Waals surface area contributed by atoms with E-state index in [0.717, 1.165) is 11.1 Å². The molecule has 0 atom stereocenters. The van der Waals surface area contributed by atoms with E-state index in [1.54, 1.807) is 69.3 Å². The Balaban J connectivity index is 1.31. The highest BCUT2D eigenvalue weighted by Gasteiger charge is 2.16. The molecule has 39 heavy (non-hydrogen) atoms. The molecule has 0 spiro atoms. The van der Waals surface area contributed by atoms with Crippen LogP contribution in [0.5, 0.6) is 11.5 Å². The second kappa shape index (κ2) is 14.4. The van der Waals surface area contributed by atoms with Gasteiger partial charge in [-0.1, -0.05) is 42.5 Å². The number of benzene rings is 3. The van der Waals surface area contributed by atoms with Crippen LogP contribution in [-0.4, -0.2) is 37.0 Å². The topological polar surface area (TPSA) is 124 Å². The fraction of sp³-hybridized carbons (Fsp3) is 0.276. The van der Waals surface area contributed by atoms with Crippen molar-refractivity contribution in [2.24, 2.45) is 0 Å². The molecule has 3 amide bonds. The Bertz CT molecular complexity index is 1210. The van der Waals surface area contributed by atoms with Gasteiger partial charge in [-0.3, -0.25) is 10.1 Å². The maximum Gasteiger partial charge on any atom is 0.417 e. The van der Waals surface area contributed by atoms with Crippen molar-refractivity contribution in [1.29, 1.82) is 0 Å². The minimum absolute atomic E-state index is 0.00846. The van der Waals surface area contributed by atoms with Gasteiger partial charge in [0.25, 0.3) is 0 Å². The molecule has 206 valence electrons. The van der Waals surface area contributed by atoms with E-state index in [1.807, 2.05) is 30.3 Å². The van der Waals surface area contributed by atoms with E-state index in [1.165, 1.54) is 0 Å². The van der Waals surface area contributed by atoms with Crippen molar-refractivity contribution in [3.05, 3.63) is 90.0 Å². The molecule has 10 nitrogen and oxygen atoms in total. The van der Waals surface area contributed by atoms with E-state index < -0.39 is 17.8 Å². The first-order valence-corrected chi connectivity index (χ1v) is 12.3. The molecular formula is C29H33N3O7. The number of hydrogen-bond donors (Lipinski definition) is 3. The summed E-state index contributed by atoms with van der Waals surface area (Å²) < 4.78 is 21.6. The Morgan fingerprint density at radius 3 is 2.00 bits per heavy atom. The SMILES string of the molecule is CC(C)(C)OC(=O)NCC(=O)NCOCc1ccc(COc2ccc(NC(=O)Oc3ccccc3)cc2)cc1. The third-order valence-electron chi connectivity index (χ3n) is 4.92. The number of anilines is 1. The molecule has 3 aromatic carbocycles. The van der Waals surface area contributed by atoms with Crippen molar-refractivity contribution < 1.29 is 33.3 Å². The van der Waals surface area contributed by atoms with Gasteiger partial charge in [-0.25, -0.2) is 9.59 Å². The number of para-hydroxylation sites is 1. The summed E-state index contributed by atoms with van der Waals surface area (Å²) in [6.45, 7) is 5.71. The molecule has 0 saturated heterocycles. The Morgan fingerprint density at radius 2 is 1.36 bits per heavy atom. The predicted octanol–water partition coefficient (Wildman–Crippen LogP) is 4.99. The number of nitrogens with one attached hydrogen (secondary N) is 3. The van der Waals surface area contributed by atoms with Crippen molar-refractivity contribution >= 4 is 23.8 Å². The molecule has 3 rings (SSSR count). The summed E-state index contributed by atoms with van der Waals surface area (Å²) in [4.78, 5) is 35.3. The summed E-state index contributed by atoms with van der Waals surface area (Å²) in [5, 5.41) is 7.62. The molecule has 0 bridgehead atoms. The quantitative estimate of drug-likeness (QED) is 0.233. The lowest BCUT2D eigenvalue weighted by molar-refractivity contribution is -0.122. The Hall–Kier alpha value is -4.57. The molecule has 3 aromatic rings. The number of rotatable bonds is 11. The lowest BCUT2D eigenvalue weighted by atomic mass is 10.1. The van der Waals surface area contributed by atoms with Gasteiger partial charge in [0.2, 0.25) is 5.91 Å². The van der Waals surface area contributed by atoms with Gasteiger partial charge in [-0.15, -0.1) is 0 Å². The van der Waals surface area contributed by atoms with Gasteiger partial charge >= 0.3 is 12.2 Å². The van der Waals surface area contributed by atoms with Gasteiger partial charge in [0.05, 0.1) is 6.61 Å². The highest BCUT2D eigenvalue weighted by molar-refractivity contribution is 5.86. The van der Waals surface area contributed by atoms with Crippen LogP contribution < -0.4 is 25.4 Å². The number of amides is 3. The van der Waals surface area contributed by atoms with Crippen LogP contribution in [0.4, 0.5) is 15.3 Å². The first-order chi connectivity index (χ1) is 18.7. The van der Waals surface area contributed by atoms with Crippen molar-refractivity contribution in [2.75, 3.05) is 18.6 Å². The van der Waals surface area contributed by atoms with Crippen LogP contribution in [0.2, 0.25) is 0 Å². The van der Waals surface area contributed by atoms with Gasteiger partial charge in [0, 0.05) is 5.69 Å². The summed E-state index contributed by atoms with van der Waals surface area (Å²) in [5.41, 5.74) is 1.85. The number of carbonyl (C=O) groups is 3. The molecular weight excluding hydrogens is 502 g/mol. The average molecular weight is 536 g/mol. The molecule has 0 aromatic heterocycles. The normalized spacial score (nSPS) is 10.7. The van der Waals surface area contributed by atoms with E-state index in [2.05, 4.69) is 16.0 Å². The molecule has 3 N–H and O–H groups in total. The van der Waals surface area contributed by atoms with E-state index in [9.17, 15) is 14.4 Å². The fourth-order valence-corrected chi connectivity index (χ4v) is 3.10. The smallest absolute Gasteiger partial charge is 0.417 e. The van der Waals surface area contributed by atoms with Crippen molar-refractivity contribution in [3.8, 4) is 11.5 Å². The lowest BCUT2D eigenvalue weighted by Gasteiger charge is -2.19. The first-order valence-electron chi connectivity index (χ1n) is 12.3. The third kappa shape index (κ3) is 11.6. The van der Waals surface area contributed by atoms with Crippen molar-refractivity contribution in [1.82, 2.24) is 10.6 Å². The van der Waals surface area contributed by atoms with Crippen LogP contribution in [0.15, 0.2) is 78.9 Å². The molecule has 0 aliphatic rings. The number of ether oxygens (including phenoxy) is 4. The second-order valence-electron chi connectivity index (χ2n) is 9.41. The average Bonchev–Trinajstić information content (AvgIpc) is 2.90. The maximum atomic E-state index is 12.0. The van der Waals surface area contributed by atoms with E-state index in [0.29, 0.717) is 30.4 Å². The van der Waals surface area contributed by atoms with Crippen molar-refractivity contribution in [3.63, 3.8) is 0 Å². The van der Waals surface area contributed by atoms with Gasteiger partial charge in [0.1, 0.15) is 37.0 Å². The van der Waals surface area contributed by atoms with Crippen LogP contribution in [0.25, 0.3) is 0 Å². The molecule has 0 saturated carbocycles. The second-order valence-corrected chi connectivity index (χ2v) is 9.41. The summed E-state index contributed by atoms with van der Waals surface area (Å²) >= 11 is 0. The molecule has 0 fully saturated rings. The molecule has 0 aliphatic heterocycles. The van der Waals surface area contributed by atoms with Gasteiger partial charge < -0.3 is 29.6 Å². The summed E-state index contributed by atoms with van der Waals surface area (Å²) in [6.07, 6.45) is -1.23. The van der Waals surface area contributed by atoms with Crippen LogP contribution in [0.3, 0.4) is 0 Å². The molecule has 0 aliphatic carbocycles. The maximum absolute atomic E-state index is 12.0. The van der Waals surface area contributed by atoms with E-state index in [-0.39, 0.29) is 19.2 Å². The number of alkyl carbamates (subject to hydrolysis) is 1. The van der Waals surface area contributed by atoms with Gasteiger partial charge in [0.15, 0.2) is 0 Å². The zero-order chi connectivity index (χ0) is 28.1. The fourth-order valence-electron chi connectivity index (χ4n) is 3.10. The zero-order valence-electron chi connectivity index (χ0n) is 22.2. The predicted molar refractivity (Wildman–Crippen MR) is 145 cm³/mol. The zero-order valence-corrected chi connectivity index (χ0v) is 22.2. The summed E-state index contributed by atoms with van der Waals surface area (Å²) in [5.74, 6) is 0.731. The molecule has 0 heterocycles. The minimum Gasteiger partial charge on any atom is -0.489 e. The highest BCUT2D eigenvalue weighted by atomic mass is 16.6. The Morgan fingerprint density at radius 1 is 0.718 bits per heavy atom. The molecule has 0 unspecified atom stereocenters. The monoisotopic (exact) mass is 535 g/mol. The standard InChI is InChI=1S/C29H33N3O7/c1-29(2,3)39-27(34)30-17-26(33)31-20-36-18-21-9-11-22(12-10-21)19-37-24-15-13-23(14-16-24)32-28(35)38-25-7-5-4-6-8-25/h4-16H,17-20H2,1-3H3,(H,30,34)(H,31,33)(H,32,35). The molecule has 0 radical (unpaired) electrons. The highest BCUT2D eigenvalue weighted by Crippen LogP contribution is 2.18. The van der Waals surface area contributed by atoms with E-state index >= 15 is 0 Å². The molecule has 10 heteroatoms. The van der Waals surface area contributed by atoms with Crippen LogP contribution in [0.1, 0.15) is 31.9 Å². The van der Waals surface area contributed by atoms with Gasteiger partial charge in [-0.05, 0) is 68.3 Å². The number of hydrogen-bond acceptors (Lipinski definition) is 7. The largest absolute Gasteiger partial charge is 0.489 e. The van der Waals surface area contributed by atoms with Gasteiger partial charge in [-0.2, -0.15) is 0 Å².